The van der Waals surface area contributed by atoms with Crippen molar-refractivity contribution in [1.82, 2.24) is 9.97 Å². The van der Waals surface area contributed by atoms with Crippen molar-refractivity contribution in [2.45, 2.75) is 6.61 Å². The van der Waals surface area contributed by atoms with Gasteiger partial charge in [0, 0.05) is 37.8 Å². The Bertz CT molecular complexity index is 570. The van der Waals surface area contributed by atoms with E-state index < -0.39 is 0 Å². The van der Waals surface area contributed by atoms with Crippen molar-refractivity contribution >= 4 is 33.9 Å². The fraction of sp³-hybridized carbons (Fsp3) is 0.385. The summed E-state index contributed by atoms with van der Waals surface area (Å²) in [6, 6.07) is 3.70. The van der Waals surface area contributed by atoms with Gasteiger partial charge in [0.1, 0.15) is 5.82 Å². The summed E-state index contributed by atoms with van der Waals surface area (Å²) in [4.78, 5) is 13.2. The number of piperazine rings is 1. The van der Waals surface area contributed by atoms with Gasteiger partial charge in [-0.15, -0.1) is 11.3 Å². The Labute approximate surface area is 126 Å². The molecule has 0 amide bonds. The molecule has 7 heteroatoms. The van der Waals surface area contributed by atoms with Crippen molar-refractivity contribution in [2.24, 2.45) is 0 Å². The average Bonchev–Trinajstić information content (AvgIpc) is 3.02. The molecule has 2 aromatic heterocycles. The molecule has 3 heterocycles. The number of hydrogen-bond acceptors (Lipinski definition) is 6. The monoisotopic (exact) mass is 310 g/mol. The van der Waals surface area contributed by atoms with Gasteiger partial charge in [0.25, 0.3) is 0 Å². The molecule has 0 bridgehead atoms. The lowest BCUT2D eigenvalue weighted by Gasteiger charge is -2.35. The Kier molecular flexibility index (Phi) is 4.05. The van der Waals surface area contributed by atoms with E-state index in [1.54, 1.807) is 17.4 Å². The lowest BCUT2D eigenvalue weighted by molar-refractivity contribution is 0.277. The molecular formula is C13H15ClN4OS. The first-order chi connectivity index (χ1) is 9.78. The highest BCUT2D eigenvalue weighted by Crippen LogP contribution is 2.23. The third kappa shape index (κ3) is 2.72. The summed E-state index contributed by atoms with van der Waals surface area (Å²) in [5.41, 5.74) is 0.534. The Morgan fingerprint density at radius 3 is 2.60 bits per heavy atom. The third-order valence-electron chi connectivity index (χ3n) is 3.35. The summed E-state index contributed by atoms with van der Waals surface area (Å²) < 4.78 is 0. The highest BCUT2D eigenvalue weighted by molar-refractivity contribution is 7.13. The van der Waals surface area contributed by atoms with Gasteiger partial charge < -0.3 is 14.9 Å². The van der Waals surface area contributed by atoms with Crippen LogP contribution < -0.4 is 9.80 Å². The smallest absolute Gasteiger partial charge is 0.185 e. The second-order valence-corrected chi connectivity index (χ2v) is 5.83. The summed E-state index contributed by atoms with van der Waals surface area (Å²) in [6.45, 7) is 3.49. The summed E-state index contributed by atoms with van der Waals surface area (Å²) in [6.07, 6.45) is 1.83. The SMILES string of the molecule is OCc1nc(N2CCN(c3nccs3)CC2)ccc1Cl. The van der Waals surface area contributed by atoms with E-state index in [9.17, 15) is 5.11 Å². The summed E-state index contributed by atoms with van der Waals surface area (Å²) in [5, 5.41) is 12.8. The number of rotatable bonds is 3. The molecule has 5 nitrogen and oxygen atoms in total. The third-order valence-corrected chi connectivity index (χ3v) is 4.52. The first-order valence-electron chi connectivity index (χ1n) is 6.43. The van der Waals surface area contributed by atoms with E-state index in [0.717, 1.165) is 37.1 Å². The first kappa shape index (κ1) is 13.6. The van der Waals surface area contributed by atoms with Gasteiger partial charge in [-0.05, 0) is 12.1 Å². The van der Waals surface area contributed by atoms with Gasteiger partial charge in [-0.3, -0.25) is 0 Å². The van der Waals surface area contributed by atoms with Crippen LogP contribution in [0.1, 0.15) is 5.69 Å². The van der Waals surface area contributed by atoms with E-state index in [2.05, 4.69) is 19.8 Å². The van der Waals surface area contributed by atoms with Crippen molar-refractivity contribution < 1.29 is 5.11 Å². The van der Waals surface area contributed by atoms with Gasteiger partial charge >= 0.3 is 0 Å². The summed E-state index contributed by atoms with van der Waals surface area (Å²) in [7, 11) is 0. The minimum atomic E-state index is -0.133. The number of thiazole rings is 1. The Balaban J connectivity index is 1.69. The maximum atomic E-state index is 9.23. The quantitative estimate of drug-likeness (QED) is 0.940. The van der Waals surface area contributed by atoms with E-state index in [1.165, 1.54) is 0 Å². The zero-order valence-electron chi connectivity index (χ0n) is 10.9. The molecule has 2 aromatic rings. The van der Waals surface area contributed by atoms with Crippen LogP contribution in [0.4, 0.5) is 10.9 Å². The fourth-order valence-electron chi connectivity index (χ4n) is 2.26. The van der Waals surface area contributed by atoms with Gasteiger partial charge in [-0.2, -0.15) is 0 Å². The van der Waals surface area contributed by atoms with Crippen LogP contribution in [-0.2, 0) is 6.61 Å². The van der Waals surface area contributed by atoms with Crippen LogP contribution in [0.25, 0.3) is 0 Å². The Morgan fingerprint density at radius 1 is 1.20 bits per heavy atom. The zero-order valence-corrected chi connectivity index (χ0v) is 12.4. The van der Waals surface area contributed by atoms with Crippen LogP contribution in [0.2, 0.25) is 5.02 Å². The number of nitrogens with zero attached hydrogens (tertiary/aromatic N) is 4. The molecule has 106 valence electrons. The van der Waals surface area contributed by atoms with Crippen molar-refractivity contribution in [1.29, 1.82) is 0 Å². The minimum Gasteiger partial charge on any atom is -0.390 e. The molecule has 1 fully saturated rings. The number of anilines is 2. The molecule has 1 aliphatic rings. The number of aromatic nitrogens is 2. The van der Waals surface area contributed by atoms with Crippen LogP contribution in [0, 0.1) is 0 Å². The van der Waals surface area contributed by atoms with Gasteiger partial charge in [-0.1, -0.05) is 11.6 Å². The van der Waals surface area contributed by atoms with E-state index in [-0.39, 0.29) is 6.61 Å². The van der Waals surface area contributed by atoms with E-state index in [1.807, 2.05) is 17.6 Å². The van der Waals surface area contributed by atoms with Crippen LogP contribution in [0.3, 0.4) is 0 Å². The van der Waals surface area contributed by atoms with Crippen LogP contribution in [0.15, 0.2) is 23.7 Å². The number of aliphatic hydroxyl groups excluding tert-OH is 1. The second-order valence-electron chi connectivity index (χ2n) is 4.54. The minimum absolute atomic E-state index is 0.133. The van der Waals surface area contributed by atoms with Crippen molar-refractivity contribution in [3.05, 3.63) is 34.4 Å². The molecule has 1 N–H and O–H groups in total. The highest BCUT2D eigenvalue weighted by atomic mass is 35.5. The van der Waals surface area contributed by atoms with E-state index in [0.29, 0.717) is 10.7 Å². The molecular weight excluding hydrogens is 296 g/mol. The Hall–Kier alpha value is -1.37. The predicted molar refractivity (Wildman–Crippen MR) is 81.7 cm³/mol. The van der Waals surface area contributed by atoms with Crippen molar-refractivity contribution in [2.75, 3.05) is 36.0 Å². The lowest BCUT2D eigenvalue weighted by atomic mass is 10.3. The van der Waals surface area contributed by atoms with Crippen LogP contribution in [0.5, 0.6) is 0 Å². The maximum Gasteiger partial charge on any atom is 0.185 e. The zero-order chi connectivity index (χ0) is 13.9. The number of halogens is 1. The fourth-order valence-corrected chi connectivity index (χ4v) is 3.12. The largest absolute Gasteiger partial charge is 0.390 e. The van der Waals surface area contributed by atoms with Gasteiger partial charge in [0.05, 0.1) is 17.3 Å². The molecule has 0 saturated carbocycles. The van der Waals surface area contributed by atoms with Gasteiger partial charge in [0.2, 0.25) is 0 Å². The summed E-state index contributed by atoms with van der Waals surface area (Å²) in [5.74, 6) is 0.872. The van der Waals surface area contributed by atoms with Crippen molar-refractivity contribution in [3.8, 4) is 0 Å². The molecule has 3 rings (SSSR count). The molecule has 1 saturated heterocycles. The number of pyridine rings is 1. The molecule has 0 aliphatic carbocycles. The first-order valence-corrected chi connectivity index (χ1v) is 7.69. The average molecular weight is 311 g/mol. The van der Waals surface area contributed by atoms with Crippen LogP contribution in [-0.4, -0.2) is 41.3 Å². The molecule has 0 radical (unpaired) electrons. The number of hydrogen-bond donors (Lipinski definition) is 1. The van der Waals surface area contributed by atoms with Gasteiger partial charge in [0.15, 0.2) is 5.13 Å². The topological polar surface area (TPSA) is 52.5 Å². The highest BCUT2D eigenvalue weighted by Gasteiger charge is 2.20. The molecule has 20 heavy (non-hydrogen) atoms. The molecule has 1 aliphatic heterocycles. The van der Waals surface area contributed by atoms with E-state index >= 15 is 0 Å². The van der Waals surface area contributed by atoms with Crippen LogP contribution >= 0.6 is 22.9 Å². The second kappa shape index (κ2) is 5.95. The molecule has 0 aromatic carbocycles. The lowest BCUT2D eigenvalue weighted by Crippen LogP contribution is -2.46. The summed E-state index contributed by atoms with van der Waals surface area (Å²) >= 11 is 7.63. The Morgan fingerprint density at radius 2 is 1.95 bits per heavy atom. The molecule has 0 atom stereocenters. The number of aliphatic hydroxyl groups is 1. The molecule has 0 spiro atoms. The normalized spacial score (nSPS) is 15.7. The standard InChI is InChI=1S/C13H15ClN4OS/c14-10-1-2-12(16-11(10)9-19)17-4-6-18(7-5-17)13-15-3-8-20-13/h1-3,8,19H,4-7,9H2. The van der Waals surface area contributed by atoms with Gasteiger partial charge in [-0.25, -0.2) is 9.97 Å². The van der Waals surface area contributed by atoms with Crippen molar-refractivity contribution in [3.63, 3.8) is 0 Å². The maximum absolute atomic E-state index is 9.23. The molecule has 0 unspecified atom stereocenters. The predicted octanol–water partition coefficient (Wildman–Crippen LogP) is 2.01. The van der Waals surface area contributed by atoms with E-state index in [4.69, 9.17) is 11.6 Å².